The first-order valence-corrected chi connectivity index (χ1v) is 14.5. The summed E-state index contributed by atoms with van der Waals surface area (Å²) in [6.07, 6.45) is 2.17. The number of hydrogen-bond donors (Lipinski definition) is 0. The lowest BCUT2D eigenvalue weighted by atomic mass is 9.88. The number of carbonyl (C=O) groups excluding carboxylic acids is 4. The molecule has 0 aromatic carbocycles. The van der Waals surface area contributed by atoms with Gasteiger partial charge < -0.3 is 18.9 Å². The van der Waals surface area contributed by atoms with E-state index in [0.717, 1.165) is 0 Å². The van der Waals surface area contributed by atoms with Crippen LogP contribution >= 0.6 is 0 Å². The zero-order chi connectivity index (χ0) is 31.6. The number of unbranched alkanes of at least 4 members (excludes halogenated alkanes) is 1. The average Bonchev–Trinajstić information content (AvgIpc) is 2.92. The van der Waals surface area contributed by atoms with E-state index in [0.29, 0.717) is 45.4 Å². The van der Waals surface area contributed by atoms with Crippen molar-refractivity contribution in [3.05, 3.63) is 0 Å². The van der Waals surface area contributed by atoms with Gasteiger partial charge in [-0.3, -0.25) is 33.9 Å². The van der Waals surface area contributed by atoms with E-state index in [1.807, 2.05) is 84.1 Å². The first-order valence-electron chi connectivity index (χ1n) is 14.5. The predicted molar refractivity (Wildman–Crippen MR) is 156 cm³/mol. The Labute approximate surface area is 247 Å². The summed E-state index contributed by atoms with van der Waals surface area (Å²) in [5.74, 6) is -1.32. The zero-order valence-electron chi connectivity index (χ0n) is 27.4. The maximum atomic E-state index is 12.9. The van der Waals surface area contributed by atoms with Crippen LogP contribution < -0.4 is 0 Å². The van der Waals surface area contributed by atoms with Gasteiger partial charge >= 0.3 is 23.9 Å². The summed E-state index contributed by atoms with van der Waals surface area (Å²) in [5, 5.41) is 0. The molecule has 1 aliphatic heterocycles. The number of carbonyl (C=O) groups is 4. The third-order valence-corrected chi connectivity index (χ3v) is 6.41. The van der Waals surface area contributed by atoms with Crippen molar-refractivity contribution in [2.45, 2.75) is 110 Å². The lowest BCUT2D eigenvalue weighted by molar-refractivity contribution is -0.160. The summed E-state index contributed by atoms with van der Waals surface area (Å²) in [5.41, 5.74) is -2.53. The molecule has 11 nitrogen and oxygen atoms in total. The lowest BCUT2D eigenvalue weighted by Crippen LogP contribution is -2.60. The SMILES string of the molecule is COC(=O)CCCCC1(N(C)CC(=O)OC(C)(C)C)CN(CC(=O)OC(C)(C)C)CCN(CC(=O)OC(C)(C)C)C1. The molecule has 1 heterocycles. The molecular formula is C30H55N3O8. The minimum absolute atomic E-state index is 0.0226. The molecule has 0 aliphatic carbocycles. The third-order valence-electron chi connectivity index (χ3n) is 6.41. The molecule has 0 aromatic rings. The normalized spacial score (nSPS) is 17.1. The van der Waals surface area contributed by atoms with E-state index in [4.69, 9.17) is 18.9 Å². The molecule has 1 aliphatic rings. The Kier molecular flexibility index (Phi) is 13.7. The summed E-state index contributed by atoms with van der Waals surface area (Å²) in [6, 6.07) is 0. The number of likely N-dealkylation sites (N-methyl/N-ethyl adjacent to an activating group) is 1. The van der Waals surface area contributed by atoms with Gasteiger partial charge in [-0.05, 0) is 82.2 Å². The Morgan fingerprint density at radius 2 is 1.10 bits per heavy atom. The number of rotatable bonds is 12. The molecule has 0 aromatic heterocycles. The molecule has 0 amide bonds. The zero-order valence-corrected chi connectivity index (χ0v) is 27.4. The highest BCUT2D eigenvalue weighted by atomic mass is 16.6. The Balaban J connectivity index is 3.36. The first-order chi connectivity index (χ1) is 18.6. The second-order valence-corrected chi connectivity index (χ2v) is 14.0. The molecule has 11 heteroatoms. The molecule has 238 valence electrons. The van der Waals surface area contributed by atoms with Crippen molar-refractivity contribution in [1.82, 2.24) is 14.7 Å². The number of nitrogens with zero attached hydrogens (tertiary/aromatic N) is 3. The maximum Gasteiger partial charge on any atom is 0.320 e. The van der Waals surface area contributed by atoms with Crippen LogP contribution in [0.4, 0.5) is 0 Å². The fourth-order valence-corrected chi connectivity index (χ4v) is 4.86. The largest absolute Gasteiger partial charge is 0.469 e. The van der Waals surface area contributed by atoms with Gasteiger partial charge in [-0.15, -0.1) is 0 Å². The van der Waals surface area contributed by atoms with Gasteiger partial charge in [0.1, 0.15) is 16.8 Å². The Bertz CT molecular complexity index is 846. The summed E-state index contributed by atoms with van der Waals surface area (Å²) in [4.78, 5) is 56.4. The Morgan fingerprint density at radius 3 is 1.49 bits per heavy atom. The van der Waals surface area contributed by atoms with Crippen molar-refractivity contribution >= 4 is 23.9 Å². The van der Waals surface area contributed by atoms with Crippen molar-refractivity contribution in [1.29, 1.82) is 0 Å². The number of esters is 4. The van der Waals surface area contributed by atoms with Gasteiger partial charge in [0.2, 0.25) is 0 Å². The molecule has 41 heavy (non-hydrogen) atoms. The van der Waals surface area contributed by atoms with Gasteiger partial charge in [-0.2, -0.15) is 0 Å². The van der Waals surface area contributed by atoms with Gasteiger partial charge in [-0.1, -0.05) is 6.42 Å². The number of hydrogen-bond acceptors (Lipinski definition) is 11. The van der Waals surface area contributed by atoms with Crippen molar-refractivity contribution < 1.29 is 38.1 Å². The molecule has 1 fully saturated rings. The number of ether oxygens (including phenoxy) is 4. The molecule has 0 unspecified atom stereocenters. The van der Waals surface area contributed by atoms with E-state index in [9.17, 15) is 19.2 Å². The standard InChI is InChI=1S/C30H55N3O8/c1-27(2,3)39-24(35)18-31(10)30(15-13-12-14-23(34)38-11)21-32(19-25(36)40-28(4,5)6)16-17-33(22-30)20-26(37)41-29(7,8)9/h12-22H2,1-11H3. The van der Waals surface area contributed by atoms with E-state index in [1.165, 1.54) is 7.11 Å². The monoisotopic (exact) mass is 585 g/mol. The van der Waals surface area contributed by atoms with Crippen LogP contribution in [0.2, 0.25) is 0 Å². The molecule has 0 radical (unpaired) electrons. The molecule has 1 saturated heterocycles. The van der Waals surface area contributed by atoms with E-state index in [-0.39, 0.29) is 49.9 Å². The summed E-state index contributed by atoms with van der Waals surface area (Å²) in [6.45, 7) is 18.6. The van der Waals surface area contributed by atoms with Crippen molar-refractivity contribution in [2.24, 2.45) is 0 Å². The van der Waals surface area contributed by atoms with Crippen LogP contribution in [0.25, 0.3) is 0 Å². The van der Waals surface area contributed by atoms with Crippen molar-refractivity contribution in [2.75, 3.05) is 60.0 Å². The topological polar surface area (TPSA) is 115 Å². The van der Waals surface area contributed by atoms with E-state index < -0.39 is 22.3 Å². The van der Waals surface area contributed by atoms with Gasteiger partial charge in [0, 0.05) is 38.1 Å². The van der Waals surface area contributed by atoms with Crippen LogP contribution in [-0.4, -0.2) is 121 Å². The van der Waals surface area contributed by atoms with Gasteiger partial charge in [0.15, 0.2) is 0 Å². The van der Waals surface area contributed by atoms with E-state index in [1.54, 1.807) is 0 Å². The average molecular weight is 586 g/mol. The molecule has 1 rings (SSSR count). The highest BCUT2D eigenvalue weighted by Gasteiger charge is 2.42. The van der Waals surface area contributed by atoms with Gasteiger partial charge in [0.25, 0.3) is 0 Å². The third kappa shape index (κ3) is 15.5. The maximum absolute atomic E-state index is 12.9. The molecule has 0 spiro atoms. The Morgan fingerprint density at radius 1 is 0.683 bits per heavy atom. The first kappa shape index (κ1) is 36.8. The quantitative estimate of drug-likeness (QED) is 0.191. The predicted octanol–water partition coefficient (Wildman–Crippen LogP) is 3.03. The minimum Gasteiger partial charge on any atom is -0.469 e. The molecule has 0 saturated carbocycles. The van der Waals surface area contributed by atoms with Crippen molar-refractivity contribution in [3.63, 3.8) is 0 Å². The molecular weight excluding hydrogens is 530 g/mol. The second-order valence-electron chi connectivity index (χ2n) is 14.0. The van der Waals surface area contributed by atoms with Crippen LogP contribution in [0.5, 0.6) is 0 Å². The van der Waals surface area contributed by atoms with Crippen LogP contribution in [-0.2, 0) is 38.1 Å². The molecule has 0 atom stereocenters. The van der Waals surface area contributed by atoms with E-state index in [2.05, 4.69) is 0 Å². The summed E-state index contributed by atoms with van der Waals surface area (Å²) >= 11 is 0. The van der Waals surface area contributed by atoms with Gasteiger partial charge in [0.05, 0.1) is 26.7 Å². The molecule has 0 bridgehead atoms. The van der Waals surface area contributed by atoms with Crippen molar-refractivity contribution in [3.8, 4) is 0 Å². The number of methoxy groups -OCH3 is 1. The fourth-order valence-electron chi connectivity index (χ4n) is 4.86. The lowest BCUT2D eigenvalue weighted by Gasteiger charge is -2.45. The molecule has 0 N–H and O–H groups in total. The smallest absolute Gasteiger partial charge is 0.320 e. The second kappa shape index (κ2) is 15.3. The van der Waals surface area contributed by atoms with Crippen LogP contribution in [0.3, 0.4) is 0 Å². The summed E-state index contributed by atoms with van der Waals surface area (Å²) < 4.78 is 21.6. The summed E-state index contributed by atoms with van der Waals surface area (Å²) in [7, 11) is 3.24. The highest BCUT2D eigenvalue weighted by molar-refractivity contribution is 5.73. The van der Waals surface area contributed by atoms with Crippen LogP contribution in [0.1, 0.15) is 88.0 Å². The Hall–Kier alpha value is -2.24. The fraction of sp³-hybridized carbons (Fsp3) is 0.867. The van der Waals surface area contributed by atoms with E-state index >= 15 is 0 Å². The van der Waals surface area contributed by atoms with Crippen LogP contribution in [0, 0.1) is 0 Å². The minimum atomic E-state index is -0.645. The highest BCUT2D eigenvalue weighted by Crippen LogP contribution is 2.28. The van der Waals surface area contributed by atoms with Gasteiger partial charge in [-0.25, -0.2) is 0 Å². The van der Waals surface area contributed by atoms with Crippen LogP contribution in [0.15, 0.2) is 0 Å².